The Morgan fingerprint density at radius 3 is 2.68 bits per heavy atom. The van der Waals surface area contributed by atoms with E-state index < -0.39 is 0 Å². The Morgan fingerprint density at radius 2 is 2.00 bits per heavy atom. The summed E-state index contributed by atoms with van der Waals surface area (Å²) in [5.74, 6) is 0.143. The van der Waals surface area contributed by atoms with Gasteiger partial charge in [-0.3, -0.25) is 9.36 Å². The van der Waals surface area contributed by atoms with Crippen LogP contribution in [0.4, 0.5) is 0 Å². The number of aryl methyl sites for hydroxylation is 1. The zero-order valence-electron chi connectivity index (χ0n) is 16.8. The Hall–Kier alpha value is -2.02. The van der Waals surface area contributed by atoms with Gasteiger partial charge in [-0.2, -0.15) is 0 Å². The van der Waals surface area contributed by atoms with E-state index in [1.54, 1.807) is 4.57 Å². The van der Waals surface area contributed by atoms with E-state index in [0.717, 1.165) is 25.8 Å². The minimum atomic E-state index is -0.271. The molecule has 1 atom stereocenters. The number of benzene rings is 1. The van der Waals surface area contributed by atoms with Crippen molar-refractivity contribution in [3.63, 3.8) is 0 Å². The maximum atomic E-state index is 13.1. The standard InChI is InChI=1S/C21H30N4O2S/c1-3-24(18-12-8-5-9-13-18)19(26)16(2)28-21-23-22-20(27)25(21)15-14-17-10-6-4-7-11-17/h4,6-7,10-11,16,18H,3,5,8-9,12-15H2,1-2H3,(H,22,27)/t16-/m1/s1. The Kier molecular flexibility index (Phi) is 7.36. The third kappa shape index (κ3) is 5.07. The van der Waals surface area contributed by atoms with Crippen LogP contribution in [-0.4, -0.2) is 43.4 Å². The van der Waals surface area contributed by atoms with Crippen molar-refractivity contribution in [2.24, 2.45) is 0 Å². The lowest BCUT2D eigenvalue weighted by molar-refractivity contribution is -0.133. The Morgan fingerprint density at radius 1 is 1.29 bits per heavy atom. The molecule has 0 aliphatic heterocycles. The van der Waals surface area contributed by atoms with Crippen LogP contribution < -0.4 is 5.69 Å². The predicted molar refractivity (Wildman–Crippen MR) is 113 cm³/mol. The molecule has 1 aliphatic carbocycles. The predicted octanol–water partition coefficient (Wildman–Crippen LogP) is 3.48. The second-order valence-corrected chi connectivity index (χ2v) is 8.68. The van der Waals surface area contributed by atoms with Crippen LogP contribution in [0.1, 0.15) is 51.5 Å². The first-order valence-electron chi connectivity index (χ1n) is 10.3. The summed E-state index contributed by atoms with van der Waals surface area (Å²) < 4.78 is 1.64. The first kappa shape index (κ1) is 20.7. The summed E-state index contributed by atoms with van der Waals surface area (Å²) in [6.45, 7) is 5.24. The molecule has 1 saturated carbocycles. The molecule has 1 amide bonds. The van der Waals surface area contributed by atoms with Gasteiger partial charge in [0.1, 0.15) is 0 Å². The fourth-order valence-electron chi connectivity index (χ4n) is 3.90. The molecule has 6 nitrogen and oxygen atoms in total. The second kappa shape index (κ2) is 9.96. The van der Waals surface area contributed by atoms with E-state index >= 15 is 0 Å². The molecule has 7 heteroatoms. The maximum absolute atomic E-state index is 13.1. The minimum Gasteiger partial charge on any atom is -0.339 e. The minimum absolute atomic E-state index is 0.143. The average molecular weight is 403 g/mol. The number of thioether (sulfide) groups is 1. The number of nitrogens with zero attached hydrogens (tertiary/aromatic N) is 3. The lowest BCUT2D eigenvalue weighted by Gasteiger charge is -2.35. The van der Waals surface area contributed by atoms with Gasteiger partial charge in [-0.25, -0.2) is 9.89 Å². The van der Waals surface area contributed by atoms with Crippen LogP contribution in [0, 0.1) is 0 Å². The highest BCUT2D eigenvalue weighted by molar-refractivity contribution is 8.00. The summed E-state index contributed by atoms with van der Waals surface area (Å²) in [5.41, 5.74) is 0.947. The molecule has 0 unspecified atom stereocenters. The molecule has 0 spiro atoms. The van der Waals surface area contributed by atoms with Crippen molar-refractivity contribution in [1.29, 1.82) is 0 Å². The molecule has 2 aromatic rings. The number of nitrogens with one attached hydrogen (secondary N) is 1. The SMILES string of the molecule is CCN(C(=O)[C@@H](C)Sc1n[nH]c(=O)n1CCc1ccccc1)C1CCCCC1. The van der Waals surface area contributed by atoms with Gasteiger partial charge < -0.3 is 4.90 Å². The number of hydrogen-bond acceptors (Lipinski definition) is 4. The van der Waals surface area contributed by atoms with Crippen LogP contribution in [-0.2, 0) is 17.8 Å². The normalized spacial score (nSPS) is 16.1. The molecule has 1 fully saturated rings. The van der Waals surface area contributed by atoms with Crippen LogP contribution in [0.15, 0.2) is 40.3 Å². The summed E-state index contributed by atoms with van der Waals surface area (Å²) in [4.78, 5) is 27.3. The van der Waals surface area contributed by atoms with Gasteiger partial charge in [0.15, 0.2) is 5.16 Å². The van der Waals surface area contributed by atoms with Crippen LogP contribution in [0.25, 0.3) is 0 Å². The van der Waals surface area contributed by atoms with E-state index in [0.29, 0.717) is 17.7 Å². The van der Waals surface area contributed by atoms with E-state index in [1.807, 2.05) is 49.1 Å². The summed E-state index contributed by atoms with van der Waals surface area (Å²) >= 11 is 1.37. The molecule has 0 bridgehead atoms. The van der Waals surface area contributed by atoms with Gasteiger partial charge in [-0.1, -0.05) is 61.4 Å². The van der Waals surface area contributed by atoms with Gasteiger partial charge in [0.2, 0.25) is 5.91 Å². The monoisotopic (exact) mass is 402 g/mol. The molecule has 152 valence electrons. The summed E-state index contributed by atoms with van der Waals surface area (Å²) in [5, 5.41) is 7.02. The molecule has 3 rings (SSSR count). The van der Waals surface area contributed by atoms with Gasteiger partial charge in [0.05, 0.1) is 5.25 Å². The van der Waals surface area contributed by atoms with Crippen LogP contribution in [0.3, 0.4) is 0 Å². The van der Waals surface area contributed by atoms with E-state index in [4.69, 9.17) is 0 Å². The molecule has 1 aromatic carbocycles. The Labute approximate surface area is 170 Å². The highest BCUT2D eigenvalue weighted by Crippen LogP contribution is 2.27. The summed E-state index contributed by atoms with van der Waals surface area (Å²) in [7, 11) is 0. The fourth-order valence-corrected chi connectivity index (χ4v) is 4.86. The number of rotatable bonds is 8. The van der Waals surface area contributed by atoms with Crippen molar-refractivity contribution in [2.45, 2.75) is 75.4 Å². The quantitative estimate of drug-likeness (QED) is 0.686. The molecule has 0 radical (unpaired) electrons. The van der Waals surface area contributed by atoms with E-state index in [2.05, 4.69) is 10.2 Å². The summed E-state index contributed by atoms with van der Waals surface area (Å²) in [6, 6.07) is 10.4. The van der Waals surface area contributed by atoms with Crippen molar-refractivity contribution < 1.29 is 4.79 Å². The number of carbonyl (C=O) groups excluding carboxylic acids is 1. The lowest BCUT2D eigenvalue weighted by Crippen LogP contribution is -2.44. The van der Waals surface area contributed by atoms with Crippen molar-refractivity contribution in [3.05, 3.63) is 46.4 Å². The van der Waals surface area contributed by atoms with Crippen molar-refractivity contribution in [3.8, 4) is 0 Å². The largest absolute Gasteiger partial charge is 0.343 e. The molecule has 0 saturated heterocycles. The van der Waals surface area contributed by atoms with Crippen LogP contribution >= 0.6 is 11.8 Å². The third-order valence-electron chi connectivity index (χ3n) is 5.46. The number of hydrogen-bond donors (Lipinski definition) is 1. The van der Waals surface area contributed by atoms with E-state index in [-0.39, 0.29) is 16.8 Å². The van der Waals surface area contributed by atoms with Gasteiger partial charge in [0.25, 0.3) is 0 Å². The maximum Gasteiger partial charge on any atom is 0.343 e. The first-order valence-corrected chi connectivity index (χ1v) is 11.1. The third-order valence-corrected chi connectivity index (χ3v) is 6.54. The molecular weight excluding hydrogens is 372 g/mol. The highest BCUT2D eigenvalue weighted by Gasteiger charge is 2.29. The van der Waals surface area contributed by atoms with Crippen LogP contribution in [0.2, 0.25) is 0 Å². The van der Waals surface area contributed by atoms with Crippen molar-refractivity contribution >= 4 is 17.7 Å². The zero-order valence-corrected chi connectivity index (χ0v) is 17.6. The van der Waals surface area contributed by atoms with Gasteiger partial charge in [-0.15, -0.1) is 5.10 Å². The fraction of sp³-hybridized carbons (Fsp3) is 0.571. The molecule has 1 N–H and O–H groups in total. The van der Waals surface area contributed by atoms with Crippen LogP contribution in [0.5, 0.6) is 0 Å². The highest BCUT2D eigenvalue weighted by atomic mass is 32.2. The number of amides is 1. The number of aromatic amines is 1. The topological polar surface area (TPSA) is 71.0 Å². The second-order valence-electron chi connectivity index (χ2n) is 7.37. The molecule has 28 heavy (non-hydrogen) atoms. The Balaban J connectivity index is 1.65. The van der Waals surface area contributed by atoms with Gasteiger partial charge in [0, 0.05) is 19.1 Å². The van der Waals surface area contributed by atoms with E-state index in [9.17, 15) is 9.59 Å². The summed E-state index contributed by atoms with van der Waals surface area (Å²) in [6.07, 6.45) is 6.62. The van der Waals surface area contributed by atoms with Gasteiger partial charge in [-0.05, 0) is 38.7 Å². The number of H-pyrrole nitrogens is 1. The first-order chi connectivity index (χ1) is 13.6. The molecular formula is C21H30N4O2S. The smallest absolute Gasteiger partial charge is 0.339 e. The lowest BCUT2D eigenvalue weighted by atomic mass is 9.94. The Bertz CT molecular complexity index is 811. The molecule has 1 aromatic heterocycles. The van der Waals surface area contributed by atoms with Crippen molar-refractivity contribution in [2.75, 3.05) is 6.54 Å². The number of aromatic nitrogens is 3. The zero-order chi connectivity index (χ0) is 19.9. The average Bonchev–Trinajstić information content (AvgIpc) is 3.07. The van der Waals surface area contributed by atoms with E-state index in [1.165, 1.54) is 36.6 Å². The molecule has 1 heterocycles. The van der Waals surface area contributed by atoms with Gasteiger partial charge >= 0.3 is 5.69 Å². The van der Waals surface area contributed by atoms with Crippen molar-refractivity contribution in [1.82, 2.24) is 19.7 Å². The molecule has 1 aliphatic rings. The number of carbonyl (C=O) groups is 1.